The summed E-state index contributed by atoms with van der Waals surface area (Å²) < 4.78 is 0. The van der Waals surface area contributed by atoms with Crippen molar-refractivity contribution in [1.82, 2.24) is 4.90 Å². The number of likely N-dealkylation sites (N-methyl/N-ethyl adjacent to an activating group) is 1. The maximum Gasteiger partial charge on any atom is 0.115 e. The lowest BCUT2D eigenvalue weighted by Gasteiger charge is -2.52. The Morgan fingerprint density at radius 1 is 1.08 bits per heavy atom. The Morgan fingerprint density at radius 3 is 2.69 bits per heavy atom. The van der Waals surface area contributed by atoms with Gasteiger partial charge in [0.15, 0.2) is 0 Å². The quantitative estimate of drug-likeness (QED) is 0.814. The SMILES string of the molecule is CN(Cc1ccccc1)[C@H]1[C@H]2CCCCC[C@]1(C)c1cc(O)ccc1C2. The number of hydrogen-bond acceptors (Lipinski definition) is 2. The van der Waals surface area contributed by atoms with Crippen LogP contribution >= 0.6 is 0 Å². The lowest BCUT2D eigenvalue weighted by Crippen LogP contribution is -2.55. The van der Waals surface area contributed by atoms with Crippen molar-refractivity contribution in [3.05, 3.63) is 65.2 Å². The minimum Gasteiger partial charge on any atom is -0.508 e. The van der Waals surface area contributed by atoms with Crippen LogP contribution < -0.4 is 0 Å². The highest BCUT2D eigenvalue weighted by atomic mass is 16.3. The summed E-state index contributed by atoms with van der Waals surface area (Å²) in [6.07, 6.45) is 7.66. The Labute approximate surface area is 157 Å². The molecule has 1 saturated carbocycles. The van der Waals surface area contributed by atoms with Crippen LogP contribution in [-0.2, 0) is 18.4 Å². The van der Waals surface area contributed by atoms with Gasteiger partial charge in [0.2, 0.25) is 0 Å². The number of phenolic OH excluding ortho intramolecular Hbond substituents is 1. The van der Waals surface area contributed by atoms with Crippen molar-refractivity contribution < 1.29 is 5.11 Å². The molecule has 2 bridgehead atoms. The lowest BCUT2D eigenvalue weighted by atomic mass is 9.59. The summed E-state index contributed by atoms with van der Waals surface area (Å²) in [6.45, 7) is 3.45. The molecule has 0 spiro atoms. The standard InChI is InChI=1S/C24H31NO/c1-24-14-8-4-7-11-20(15-19-12-13-21(26)16-22(19)24)23(24)25(2)17-18-9-5-3-6-10-18/h3,5-6,9-10,12-13,16,20,23,26H,4,7-8,11,14-15,17H2,1-2H3/t20-,23-,24+/m0/s1. The average molecular weight is 350 g/mol. The van der Waals surface area contributed by atoms with Gasteiger partial charge in [-0.1, -0.05) is 62.6 Å². The topological polar surface area (TPSA) is 23.5 Å². The van der Waals surface area contributed by atoms with Gasteiger partial charge in [-0.05, 0) is 61.1 Å². The number of aromatic hydroxyl groups is 1. The molecular weight excluding hydrogens is 318 g/mol. The van der Waals surface area contributed by atoms with Crippen molar-refractivity contribution in [3.63, 3.8) is 0 Å². The number of nitrogens with zero attached hydrogens (tertiary/aromatic N) is 1. The van der Waals surface area contributed by atoms with Gasteiger partial charge in [-0.3, -0.25) is 4.90 Å². The van der Waals surface area contributed by atoms with Crippen molar-refractivity contribution in [3.8, 4) is 5.75 Å². The monoisotopic (exact) mass is 349 g/mol. The Bertz CT molecular complexity index is 756. The molecule has 2 aliphatic carbocycles. The van der Waals surface area contributed by atoms with E-state index in [1.54, 1.807) is 0 Å². The zero-order valence-corrected chi connectivity index (χ0v) is 16.1. The molecule has 1 fully saturated rings. The van der Waals surface area contributed by atoms with Gasteiger partial charge in [0.05, 0.1) is 0 Å². The first-order valence-corrected chi connectivity index (χ1v) is 10.1. The van der Waals surface area contributed by atoms with E-state index >= 15 is 0 Å². The third kappa shape index (κ3) is 3.16. The number of phenols is 1. The van der Waals surface area contributed by atoms with Crippen LogP contribution in [0.25, 0.3) is 0 Å². The molecule has 0 aliphatic heterocycles. The summed E-state index contributed by atoms with van der Waals surface area (Å²) in [4.78, 5) is 2.60. The van der Waals surface area contributed by atoms with E-state index in [-0.39, 0.29) is 5.41 Å². The Hall–Kier alpha value is -1.80. The van der Waals surface area contributed by atoms with Gasteiger partial charge in [0.1, 0.15) is 5.75 Å². The van der Waals surface area contributed by atoms with Gasteiger partial charge < -0.3 is 5.11 Å². The van der Waals surface area contributed by atoms with E-state index in [0.29, 0.717) is 17.7 Å². The van der Waals surface area contributed by atoms with Gasteiger partial charge >= 0.3 is 0 Å². The van der Waals surface area contributed by atoms with E-state index < -0.39 is 0 Å². The van der Waals surface area contributed by atoms with Crippen molar-refractivity contribution in [2.45, 2.75) is 63.5 Å². The van der Waals surface area contributed by atoms with Gasteiger partial charge in [0, 0.05) is 18.0 Å². The molecule has 0 aromatic heterocycles. The highest BCUT2D eigenvalue weighted by molar-refractivity contribution is 5.44. The fourth-order valence-corrected chi connectivity index (χ4v) is 5.78. The molecular formula is C24H31NO. The molecule has 2 heteroatoms. The Kier molecular flexibility index (Phi) is 4.79. The second-order valence-corrected chi connectivity index (χ2v) is 8.67. The van der Waals surface area contributed by atoms with Crippen LogP contribution in [0.15, 0.2) is 48.5 Å². The first-order valence-electron chi connectivity index (χ1n) is 10.1. The Morgan fingerprint density at radius 2 is 1.88 bits per heavy atom. The van der Waals surface area contributed by atoms with E-state index in [1.807, 2.05) is 6.07 Å². The third-order valence-electron chi connectivity index (χ3n) is 6.81. The zero-order valence-electron chi connectivity index (χ0n) is 16.1. The average Bonchev–Trinajstić information content (AvgIpc) is 2.62. The van der Waals surface area contributed by atoms with Gasteiger partial charge in [-0.25, -0.2) is 0 Å². The first kappa shape index (κ1) is 17.6. The maximum atomic E-state index is 10.2. The third-order valence-corrected chi connectivity index (χ3v) is 6.81. The molecule has 0 saturated heterocycles. The second-order valence-electron chi connectivity index (χ2n) is 8.67. The largest absolute Gasteiger partial charge is 0.508 e. The summed E-state index contributed by atoms with van der Waals surface area (Å²) in [5, 5.41) is 10.2. The van der Waals surface area contributed by atoms with E-state index in [1.165, 1.54) is 48.8 Å². The van der Waals surface area contributed by atoms with E-state index in [2.05, 4.69) is 61.3 Å². The van der Waals surface area contributed by atoms with E-state index in [0.717, 1.165) is 13.0 Å². The van der Waals surface area contributed by atoms with Crippen LogP contribution in [-0.4, -0.2) is 23.1 Å². The highest BCUT2D eigenvalue weighted by Gasteiger charge is 2.47. The molecule has 4 rings (SSSR count). The van der Waals surface area contributed by atoms with Gasteiger partial charge in [0.25, 0.3) is 0 Å². The van der Waals surface area contributed by atoms with Gasteiger partial charge in [-0.2, -0.15) is 0 Å². The molecule has 0 heterocycles. The summed E-state index contributed by atoms with van der Waals surface area (Å²) in [5.41, 5.74) is 4.35. The predicted molar refractivity (Wildman–Crippen MR) is 107 cm³/mol. The minimum absolute atomic E-state index is 0.112. The molecule has 3 atom stereocenters. The van der Waals surface area contributed by atoms with Crippen LogP contribution in [0.4, 0.5) is 0 Å². The summed E-state index contributed by atoms with van der Waals surface area (Å²) in [5.74, 6) is 1.11. The molecule has 0 amide bonds. The van der Waals surface area contributed by atoms with Crippen molar-refractivity contribution >= 4 is 0 Å². The van der Waals surface area contributed by atoms with E-state index in [9.17, 15) is 5.11 Å². The molecule has 2 aliphatic rings. The van der Waals surface area contributed by atoms with Crippen LogP contribution in [0.2, 0.25) is 0 Å². The smallest absolute Gasteiger partial charge is 0.115 e. The first-order chi connectivity index (χ1) is 12.6. The van der Waals surface area contributed by atoms with Gasteiger partial charge in [-0.15, -0.1) is 0 Å². The van der Waals surface area contributed by atoms with E-state index in [4.69, 9.17) is 0 Å². The van der Waals surface area contributed by atoms with Crippen molar-refractivity contribution in [2.24, 2.45) is 5.92 Å². The van der Waals surface area contributed by atoms with Crippen LogP contribution in [0.3, 0.4) is 0 Å². The van der Waals surface area contributed by atoms with Crippen LogP contribution in [0.1, 0.15) is 55.7 Å². The predicted octanol–water partition coefficient (Wildman–Crippen LogP) is 5.29. The number of fused-ring (bicyclic) bond motifs is 4. The Balaban J connectivity index is 1.74. The molecule has 0 radical (unpaired) electrons. The van der Waals surface area contributed by atoms with Crippen molar-refractivity contribution in [2.75, 3.05) is 7.05 Å². The molecule has 2 aromatic rings. The summed E-state index contributed by atoms with van der Waals surface area (Å²) >= 11 is 0. The number of rotatable bonds is 3. The van der Waals surface area contributed by atoms with Crippen LogP contribution in [0, 0.1) is 5.92 Å². The molecule has 138 valence electrons. The van der Waals surface area contributed by atoms with Crippen molar-refractivity contribution in [1.29, 1.82) is 0 Å². The molecule has 2 nitrogen and oxygen atoms in total. The normalized spacial score (nSPS) is 28.3. The summed E-state index contributed by atoms with van der Waals surface area (Å²) in [6, 6.07) is 17.5. The number of hydrogen-bond donors (Lipinski definition) is 1. The number of benzene rings is 2. The summed E-state index contributed by atoms with van der Waals surface area (Å²) in [7, 11) is 2.30. The molecule has 1 N–H and O–H groups in total. The molecule has 26 heavy (non-hydrogen) atoms. The minimum atomic E-state index is 0.112. The zero-order chi connectivity index (χ0) is 18.1. The second kappa shape index (κ2) is 7.08. The molecule has 2 aromatic carbocycles. The fourth-order valence-electron chi connectivity index (χ4n) is 5.78. The molecule has 0 unspecified atom stereocenters. The maximum absolute atomic E-state index is 10.2. The highest BCUT2D eigenvalue weighted by Crippen LogP contribution is 2.49. The fraction of sp³-hybridized carbons (Fsp3) is 0.500. The van der Waals surface area contributed by atoms with Crippen LogP contribution in [0.5, 0.6) is 5.75 Å². The lowest BCUT2D eigenvalue weighted by molar-refractivity contribution is 0.0591.